The fourth-order valence-corrected chi connectivity index (χ4v) is 1.49. The van der Waals surface area contributed by atoms with E-state index in [2.05, 4.69) is 0 Å². The molecule has 0 saturated heterocycles. The van der Waals surface area contributed by atoms with Gasteiger partial charge >= 0.3 is 0 Å². The van der Waals surface area contributed by atoms with Crippen LogP contribution in [0.25, 0.3) is 0 Å². The lowest BCUT2D eigenvalue weighted by Crippen LogP contribution is -2.18. The predicted molar refractivity (Wildman–Crippen MR) is 59.0 cm³/mol. The van der Waals surface area contributed by atoms with E-state index in [1.165, 1.54) is 19.2 Å². The van der Waals surface area contributed by atoms with E-state index < -0.39 is 11.9 Å². The third-order valence-electron chi connectivity index (χ3n) is 2.39. The van der Waals surface area contributed by atoms with Crippen LogP contribution in [0.15, 0.2) is 18.2 Å². The third-order valence-corrected chi connectivity index (χ3v) is 2.39. The van der Waals surface area contributed by atoms with E-state index in [1.54, 1.807) is 13.0 Å². The molecule has 3 nitrogen and oxygen atoms in total. The van der Waals surface area contributed by atoms with Gasteiger partial charge in [-0.15, -0.1) is 0 Å². The summed E-state index contributed by atoms with van der Waals surface area (Å²) in [6.45, 7) is 4.10. The first-order chi connectivity index (χ1) is 7.60. The summed E-state index contributed by atoms with van der Waals surface area (Å²) >= 11 is 0. The highest BCUT2D eigenvalue weighted by atomic mass is 19.1. The average Bonchev–Trinajstić information content (AvgIpc) is 2.28. The molecule has 0 aliphatic carbocycles. The van der Waals surface area contributed by atoms with Crippen LogP contribution in [0.3, 0.4) is 0 Å². The van der Waals surface area contributed by atoms with Crippen molar-refractivity contribution in [2.24, 2.45) is 0 Å². The summed E-state index contributed by atoms with van der Waals surface area (Å²) in [4.78, 5) is 0. The molecule has 1 N–H and O–H groups in total. The van der Waals surface area contributed by atoms with Gasteiger partial charge in [0.15, 0.2) is 11.6 Å². The van der Waals surface area contributed by atoms with Crippen molar-refractivity contribution in [3.8, 4) is 5.75 Å². The SMILES string of the molecule is CCOC(C)C(O)c1ccc(OC)c(F)c1. The van der Waals surface area contributed by atoms with Crippen LogP contribution in [0.2, 0.25) is 0 Å². The number of aliphatic hydroxyl groups excluding tert-OH is 1. The minimum absolute atomic E-state index is 0.167. The number of ether oxygens (including phenoxy) is 2. The third kappa shape index (κ3) is 2.93. The fourth-order valence-electron chi connectivity index (χ4n) is 1.49. The zero-order valence-electron chi connectivity index (χ0n) is 9.74. The van der Waals surface area contributed by atoms with E-state index in [9.17, 15) is 9.50 Å². The molecule has 0 aliphatic rings. The summed E-state index contributed by atoms with van der Waals surface area (Å²) in [6, 6.07) is 4.38. The Kier molecular flexibility index (Phi) is 4.71. The average molecular weight is 228 g/mol. The first-order valence-corrected chi connectivity index (χ1v) is 5.23. The van der Waals surface area contributed by atoms with Crippen molar-refractivity contribution in [2.75, 3.05) is 13.7 Å². The number of hydrogen-bond donors (Lipinski definition) is 1. The highest BCUT2D eigenvalue weighted by Gasteiger charge is 2.17. The Labute approximate surface area is 94.8 Å². The van der Waals surface area contributed by atoms with Gasteiger partial charge in [-0.1, -0.05) is 6.07 Å². The number of benzene rings is 1. The molecule has 16 heavy (non-hydrogen) atoms. The highest BCUT2D eigenvalue weighted by Crippen LogP contribution is 2.24. The van der Waals surface area contributed by atoms with Crippen molar-refractivity contribution in [2.45, 2.75) is 26.1 Å². The van der Waals surface area contributed by atoms with Crippen LogP contribution in [0.5, 0.6) is 5.75 Å². The molecule has 1 aromatic carbocycles. The van der Waals surface area contributed by atoms with Gasteiger partial charge in [-0.25, -0.2) is 4.39 Å². The Morgan fingerprint density at radius 1 is 1.44 bits per heavy atom. The summed E-state index contributed by atoms with van der Waals surface area (Å²) in [6.07, 6.45) is -1.20. The lowest BCUT2D eigenvalue weighted by atomic mass is 10.1. The number of hydrogen-bond acceptors (Lipinski definition) is 3. The molecule has 0 bridgehead atoms. The second kappa shape index (κ2) is 5.82. The van der Waals surface area contributed by atoms with E-state index >= 15 is 0 Å². The monoisotopic (exact) mass is 228 g/mol. The minimum Gasteiger partial charge on any atom is -0.494 e. The number of methoxy groups -OCH3 is 1. The van der Waals surface area contributed by atoms with Crippen molar-refractivity contribution >= 4 is 0 Å². The van der Waals surface area contributed by atoms with E-state index in [1.807, 2.05) is 6.92 Å². The molecule has 0 amide bonds. The van der Waals surface area contributed by atoms with Crippen LogP contribution < -0.4 is 4.74 Å². The molecule has 4 heteroatoms. The summed E-state index contributed by atoms with van der Waals surface area (Å²) in [5.41, 5.74) is 0.485. The molecular formula is C12H17FO3. The molecule has 0 radical (unpaired) electrons. The van der Waals surface area contributed by atoms with Crippen LogP contribution in [-0.4, -0.2) is 24.9 Å². The van der Waals surface area contributed by atoms with Crippen LogP contribution in [0.4, 0.5) is 4.39 Å². The summed E-state index contributed by atoms with van der Waals surface area (Å²) < 4.78 is 23.4. The van der Waals surface area contributed by atoms with Crippen LogP contribution in [0, 0.1) is 5.82 Å². The van der Waals surface area contributed by atoms with Gasteiger partial charge in [-0.2, -0.15) is 0 Å². The second-order valence-electron chi connectivity index (χ2n) is 3.50. The van der Waals surface area contributed by atoms with Crippen molar-refractivity contribution < 1.29 is 19.0 Å². The van der Waals surface area contributed by atoms with E-state index in [0.29, 0.717) is 12.2 Å². The largest absolute Gasteiger partial charge is 0.494 e. The van der Waals surface area contributed by atoms with Crippen LogP contribution >= 0.6 is 0 Å². The van der Waals surface area contributed by atoms with Gasteiger partial charge in [0, 0.05) is 6.61 Å². The Morgan fingerprint density at radius 3 is 2.62 bits per heavy atom. The summed E-state index contributed by atoms with van der Waals surface area (Å²) in [7, 11) is 1.40. The molecule has 0 spiro atoms. The van der Waals surface area contributed by atoms with Gasteiger partial charge in [0.05, 0.1) is 13.2 Å². The number of rotatable bonds is 5. The molecule has 0 aliphatic heterocycles. The predicted octanol–water partition coefficient (Wildman–Crippen LogP) is 2.29. The van der Waals surface area contributed by atoms with E-state index in [0.717, 1.165) is 0 Å². The minimum atomic E-state index is -0.833. The van der Waals surface area contributed by atoms with E-state index in [4.69, 9.17) is 9.47 Å². The zero-order valence-corrected chi connectivity index (χ0v) is 9.74. The van der Waals surface area contributed by atoms with Gasteiger partial charge in [-0.05, 0) is 31.5 Å². The summed E-state index contributed by atoms with van der Waals surface area (Å²) in [5.74, 6) is -0.317. The van der Waals surface area contributed by atoms with Crippen molar-refractivity contribution in [3.63, 3.8) is 0 Å². The van der Waals surface area contributed by atoms with Crippen molar-refractivity contribution in [1.29, 1.82) is 0 Å². The van der Waals surface area contributed by atoms with Gasteiger partial charge in [0.1, 0.15) is 6.10 Å². The first-order valence-electron chi connectivity index (χ1n) is 5.23. The molecule has 1 rings (SSSR count). The number of halogens is 1. The van der Waals surface area contributed by atoms with Crippen molar-refractivity contribution in [3.05, 3.63) is 29.6 Å². The van der Waals surface area contributed by atoms with Gasteiger partial charge in [0.2, 0.25) is 0 Å². The molecule has 0 saturated carbocycles. The van der Waals surface area contributed by atoms with E-state index in [-0.39, 0.29) is 11.9 Å². The quantitative estimate of drug-likeness (QED) is 0.840. The molecule has 2 atom stereocenters. The molecule has 90 valence electrons. The van der Waals surface area contributed by atoms with Crippen molar-refractivity contribution in [1.82, 2.24) is 0 Å². The van der Waals surface area contributed by atoms with Gasteiger partial charge in [-0.3, -0.25) is 0 Å². The Bertz CT molecular complexity index is 341. The first kappa shape index (κ1) is 12.9. The van der Waals surface area contributed by atoms with Crippen LogP contribution in [-0.2, 0) is 4.74 Å². The fraction of sp³-hybridized carbons (Fsp3) is 0.500. The Hall–Kier alpha value is -1.13. The smallest absolute Gasteiger partial charge is 0.165 e. The zero-order chi connectivity index (χ0) is 12.1. The molecule has 0 aromatic heterocycles. The highest BCUT2D eigenvalue weighted by molar-refractivity contribution is 5.30. The second-order valence-corrected chi connectivity index (χ2v) is 3.50. The topological polar surface area (TPSA) is 38.7 Å². The molecular weight excluding hydrogens is 211 g/mol. The lowest BCUT2D eigenvalue weighted by Gasteiger charge is -2.19. The van der Waals surface area contributed by atoms with Gasteiger partial charge < -0.3 is 14.6 Å². The standard InChI is InChI=1S/C12H17FO3/c1-4-16-8(2)12(14)9-5-6-11(15-3)10(13)7-9/h5-8,12,14H,4H2,1-3H3. The maximum absolute atomic E-state index is 13.4. The maximum atomic E-state index is 13.4. The van der Waals surface area contributed by atoms with Crippen LogP contribution in [0.1, 0.15) is 25.5 Å². The van der Waals surface area contributed by atoms with Gasteiger partial charge in [0.25, 0.3) is 0 Å². The Balaban J connectivity index is 2.84. The Morgan fingerprint density at radius 2 is 2.12 bits per heavy atom. The molecule has 1 aromatic rings. The summed E-state index contributed by atoms with van der Waals surface area (Å²) in [5, 5.41) is 9.88. The maximum Gasteiger partial charge on any atom is 0.165 e. The number of aliphatic hydroxyl groups is 1. The molecule has 0 heterocycles. The molecule has 0 fully saturated rings. The normalized spacial score (nSPS) is 14.6. The molecule has 2 unspecified atom stereocenters. The lowest BCUT2D eigenvalue weighted by molar-refractivity contribution is -0.0229.